The Hall–Kier alpha value is -3.62. The van der Waals surface area contributed by atoms with E-state index in [-0.39, 0.29) is 30.6 Å². The van der Waals surface area contributed by atoms with Gasteiger partial charge in [-0.3, -0.25) is 0 Å². The van der Waals surface area contributed by atoms with Crippen molar-refractivity contribution in [2.45, 2.75) is 44.1 Å². The summed E-state index contributed by atoms with van der Waals surface area (Å²) in [5, 5.41) is 14.0. The van der Waals surface area contributed by atoms with E-state index in [0.717, 1.165) is 28.8 Å². The molecule has 4 aromatic rings. The molecule has 7 heteroatoms. The van der Waals surface area contributed by atoms with E-state index >= 15 is 0 Å². The van der Waals surface area contributed by atoms with Crippen molar-refractivity contribution in [2.75, 3.05) is 6.61 Å². The van der Waals surface area contributed by atoms with Crippen molar-refractivity contribution in [3.05, 3.63) is 137 Å². The second kappa shape index (κ2) is 13.0. The minimum Gasteiger partial charge on any atom is -0.507 e. The molecule has 0 radical (unpaired) electrons. The molecule has 5 rings (SSSR count). The number of nitrogens with one attached hydrogen (secondary N) is 1. The van der Waals surface area contributed by atoms with E-state index in [9.17, 15) is 13.9 Å². The van der Waals surface area contributed by atoms with Crippen LogP contribution in [0.25, 0.3) is 0 Å². The van der Waals surface area contributed by atoms with Gasteiger partial charge in [0.15, 0.2) is 11.6 Å². The number of hydrogen-bond acceptors (Lipinski definition) is 5. The van der Waals surface area contributed by atoms with Crippen LogP contribution in [0, 0.1) is 11.6 Å². The second-order valence-corrected chi connectivity index (χ2v) is 9.60. The quantitative estimate of drug-likeness (QED) is 0.246. The molecule has 1 saturated heterocycles. The molecular formula is C32H31F2NO4. The average Bonchev–Trinajstić information content (AvgIpc) is 3.31. The molecular weight excluding hydrogens is 500 g/mol. The van der Waals surface area contributed by atoms with Gasteiger partial charge in [-0.1, -0.05) is 91.0 Å². The Kier molecular flexibility index (Phi) is 8.96. The van der Waals surface area contributed by atoms with Crippen LogP contribution in [-0.4, -0.2) is 30.0 Å². The number of ether oxygens (including phenoxy) is 3. The largest absolute Gasteiger partial charge is 0.507 e. The van der Waals surface area contributed by atoms with E-state index in [1.54, 1.807) is 0 Å². The van der Waals surface area contributed by atoms with E-state index in [1.165, 1.54) is 0 Å². The minimum atomic E-state index is -1.12. The van der Waals surface area contributed by atoms with Gasteiger partial charge in [0.05, 0.1) is 38.5 Å². The molecule has 0 aromatic heterocycles. The lowest BCUT2D eigenvalue weighted by Gasteiger charge is -2.27. The highest BCUT2D eigenvalue weighted by molar-refractivity contribution is 5.38. The summed E-state index contributed by atoms with van der Waals surface area (Å²) in [7, 11) is 0. The van der Waals surface area contributed by atoms with Gasteiger partial charge in [0.1, 0.15) is 18.0 Å². The summed E-state index contributed by atoms with van der Waals surface area (Å²) in [5.41, 5.74) is 3.17. The van der Waals surface area contributed by atoms with Gasteiger partial charge < -0.3 is 24.6 Å². The summed E-state index contributed by atoms with van der Waals surface area (Å²) in [6, 6.07) is 30.1. The molecule has 0 amide bonds. The van der Waals surface area contributed by atoms with Crippen LogP contribution in [0.1, 0.15) is 28.3 Å². The summed E-state index contributed by atoms with van der Waals surface area (Å²) in [4.78, 5) is 0. The van der Waals surface area contributed by atoms with Crippen molar-refractivity contribution < 1.29 is 28.1 Å². The van der Waals surface area contributed by atoms with Gasteiger partial charge >= 0.3 is 0 Å². The fourth-order valence-electron chi connectivity index (χ4n) is 4.86. The van der Waals surface area contributed by atoms with Gasteiger partial charge in [-0.05, 0) is 22.8 Å². The Morgan fingerprint density at radius 3 is 1.69 bits per heavy atom. The first-order valence-electron chi connectivity index (χ1n) is 12.9. The number of halogens is 2. The molecule has 0 saturated carbocycles. The predicted molar refractivity (Wildman–Crippen MR) is 144 cm³/mol. The maximum absolute atomic E-state index is 14.3. The molecule has 0 bridgehead atoms. The molecule has 2 N–H and O–H groups in total. The van der Waals surface area contributed by atoms with E-state index in [4.69, 9.17) is 14.2 Å². The molecule has 0 unspecified atom stereocenters. The first-order chi connectivity index (χ1) is 19.1. The summed E-state index contributed by atoms with van der Waals surface area (Å²) in [5.74, 6) is -2.51. The molecule has 4 atom stereocenters. The highest BCUT2D eigenvalue weighted by Gasteiger charge is 2.46. The number of aromatic hydroxyl groups is 1. The van der Waals surface area contributed by atoms with Gasteiger partial charge in [0.25, 0.3) is 0 Å². The SMILES string of the molecule is Oc1cc(F)c(F)cc1[C@@H]1N[C@@H](COCc2ccccc2)[C@@H](OCc2ccccc2)[C@H]1OCc1ccccc1. The van der Waals surface area contributed by atoms with Gasteiger partial charge in [-0.15, -0.1) is 0 Å². The first kappa shape index (κ1) is 27.0. The second-order valence-electron chi connectivity index (χ2n) is 9.60. The Morgan fingerprint density at radius 2 is 1.13 bits per heavy atom. The van der Waals surface area contributed by atoms with Crippen molar-refractivity contribution in [1.82, 2.24) is 5.32 Å². The molecule has 4 aromatic carbocycles. The van der Waals surface area contributed by atoms with E-state index < -0.39 is 29.9 Å². The molecule has 5 nitrogen and oxygen atoms in total. The number of phenolic OH excluding ortho intramolecular Hbond substituents is 1. The standard InChI is InChI=1S/C32H31F2NO4/c33-26-16-25(29(36)17-27(26)34)30-32(39-20-24-14-8-3-9-15-24)31(38-19-23-12-6-2-7-13-23)28(35-30)21-37-18-22-10-4-1-5-11-22/h1-17,28,30-32,35-36H,18-21H2/t28-,30-,31+,32-/m0/s1. The zero-order chi connectivity index (χ0) is 27.0. The molecule has 202 valence electrons. The van der Waals surface area contributed by atoms with Crippen molar-refractivity contribution in [1.29, 1.82) is 0 Å². The maximum atomic E-state index is 14.3. The zero-order valence-corrected chi connectivity index (χ0v) is 21.4. The number of benzene rings is 4. The lowest BCUT2D eigenvalue weighted by Crippen LogP contribution is -2.39. The third kappa shape index (κ3) is 6.88. The fourth-order valence-corrected chi connectivity index (χ4v) is 4.86. The number of hydrogen-bond donors (Lipinski definition) is 2. The molecule has 1 heterocycles. The zero-order valence-electron chi connectivity index (χ0n) is 21.4. The molecule has 39 heavy (non-hydrogen) atoms. The highest BCUT2D eigenvalue weighted by Crippen LogP contribution is 2.38. The summed E-state index contributed by atoms with van der Waals surface area (Å²) in [6.07, 6.45) is -1.14. The van der Waals surface area contributed by atoms with Crippen molar-refractivity contribution in [2.24, 2.45) is 0 Å². The molecule has 0 aliphatic carbocycles. The minimum absolute atomic E-state index is 0.200. The van der Waals surface area contributed by atoms with Crippen LogP contribution in [0.15, 0.2) is 103 Å². The molecule has 0 spiro atoms. The lowest BCUT2D eigenvalue weighted by molar-refractivity contribution is -0.0863. The van der Waals surface area contributed by atoms with Crippen LogP contribution in [-0.2, 0) is 34.0 Å². The highest BCUT2D eigenvalue weighted by atomic mass is 19.2. The fraction of sp³-hybridized carbons (Fsp3) is 0.250. The van der Waals surface area contributed by atoms with Crippen LogP contribution >= 0.6 is 0 Å². The van der Waals surface area contributed by atoms with Crippen LogP contribution in [0.4, 0.5) is 8.78 Å². The summed E-state index contributed by atoms with van der Waals surface area (Å²) in [6.45, 7) is 1.28. The lowest BCUT2D eigenvalue weighted by atomic mass is 9.99. The summed E-state index contributed by atoms with van der Waals surface area (Å²) < 4.78 is 47.1. The average molecular weight is 532 g/mol. The molecule has 1 aliphatic heterocycles. The van der Waals surface area contributed by atoms with E-state index in [0.29, 0.717) is 13.2 Å². The Balaban J connectivity index is 1.42. The number of phenols is 1. The Labute approximate surface area is 227 Å². The normalized spacial score (nSPS) is 20.8. The topological polar surface area (TPSA) is 60.0 Å². The van der Waals surface area contributed by atoms with Crippen LogP contribution in [0.5, 0.6) is 5.75 Å². The van der Waals surface area contributed by atoms with Crippen LogP contribution < -0.4 is 5.32 Å². The van der Waals surface area contributed by atoms with Gasteiger partial charge in [0.2, 0.25) is 0 Å². The predicted octanol–water partition coefficient (Wildman–Crippen LogP) is 6.07. The summed E-state index contributed by atoms with van der Waals surface area (Å²) >= 11 is 0. The van der Waals surface area contributed by atoms with Gasteiger partial charge in [0, 0.05) is 11.6 Å². The van der Waals surface area contributed by atoms with Crippen molar-refractivity contribution in [3.63, 3.8) is 0 Å². The Bertz CT molecular complexity index is 1320. The van der Waals surface area contributed by atoms with E-state index in [1.807, 2.05) is 91.0 Å². The Morgan fingerprint density at radius 1 is 0.641 bits per heavy atom. The van der Waals surface area contributed by atoms with Crippen LogP contribution in [0.2, 0.25) is 0 Å². The maximum Gasteiger partial charge on any atom is 0.162 e. The third-order valence-electron chi connectivity index (χ3n) is 6.83. The van der Waals surface area contributed by atoms with Crippen molar-refractivity contribution >= 4 is 0 Å². The van der Waals surface area contributed by atoms with Crippen LogP contribution in [0.3, 0.4) is 0 Å². The smallest absolute Gasteiger partial charge is 0.162 e. The monoisotopic (exact) mass is 531 g/mol. The van der Waals surface area contributed by atoms with Crippen molar-refractivity contribution in [3.8, 4) is 5.75 Å². The van der Waals surface area contributed by atoms with E-state index in [2.05, 4.69) is 5.32 Å². The molecule has 1 fully saturated rings. The van der Waals surface area contributed by atoms with Gasteiger partial charge in [-0.2, -0.15) is 0 Å². The van der Waals surface area contributed by atoms with Gasteiger partial charge in [-0.25, -0.2) is 8.78 Å². The third-order valence-corrected chi connectivity index (χ3v) is 6.83. The molecule has 1 aliphatic rings. The first-order valence-corrected chi connectivity index (χ1v) is 12.9. The number of rotatable bonds is 11.